The van der Waals surface area contributed by atoms with Crippen molar-refractivity contribution in [3.05, 3.63) is 28.7 Å². The first-order chi connectivity index (χ1) is 8.93. The van der Waals surface area contributed by atoms with Gasteiger partial charge < -0.3 is 10.1 Å². The lowest BCUT2D eigenvalue weighted by Gasteiger charge is -2.32. The highest BCUT2D eigenvalue weighted by Crippen LogP contribution is 2.24. The Bertz CT molecular complexity index is 586. The van der Waals surface area contributed by atoms with Gasteiger partial charge >= 0.3 is 0 Å². The minimum Gasteiger partial charge on any atom is -0.393 e. The number of aliphatic hydroxyl groups is 1. The Morgan fingerprint density at radius 1 is 1.42 bits per heavy atom. The number of piperidine rings is 1. The lowest BCUT2D eigenvalue weighted by molar-refractivity contribution is 0.0912. The predicted octanol–water partition coefficient (Wildman–Crippen LogP) is 0.156. The van der Waals surface area contributed by atoms with E-state index in [4.69, 9.17) is 0 Å². The lowest BCUT2D eigenvalue weighted by Crippen LogP contribution is -2.41. The number of pyridine rings is 1. The Hall–Kier alpha value is -1.18. The summed E-state index contributed by atoms with van der Waals surface area (Å²) in [6, 6.07) is 1.20. The van der Waals surface area contributed by atoms with Crippen LogP contribution < -0.4 is 5.43 Å². The summed E-state index contributed by atoms with van der Waals surface area (Å²) in [6.45, 7) is 2.40. The minimum atomic E-state index is -3.73. The van der Waals surface area contributed by atoms with Gasteiger partial charge in [-0.25, -0.2) is 8.42 Å². The molecule has 2 heterocycles. The molecular weight excluding hydrogens is 268 g/mol. The molecule has 0 spiro atoms. The second-order valence-electron chi connectivity index (χ2n) is 4.85. The predicted molar refractivity (Wildman–Crippen MR) is 70.2 cm³/mol. The van der Waals surface area contributed by atoms with E-state index >= 15 is 0 Å². The van der Waals surface area contributed by atoms with Gasteiger partial charge in [0.2, 0.25) is 15.5 Å². The van der Waals surface area contributed by atoms with Crippen molar-refractivity contribution in [2.24, 2.45) is 5.92 Å². The SMILES string of the molecule is CC(O)C1CCN(S(=O)(=O)c2c[nH]ccc2=O)CC1. The summed E-state index contributed by atoms with van der Waals surface area (Å²) in [6.07, 6.45) is 3.42. The molecule has 0 aromatic carbocycles. The summed E-state index contributed by atoms with van der Waals surface area (Å²) >= 11 is 0. The number of nitrogens with one attached hydrogen (secondary N) is 1. The molecule has 1 aliphatic rings. The standard InChI is InChI=1S/C12H18N2O4S/c1-9(15)10-3-6-14(7-4-10)19(17,18)12-8-13-5-2-11(12)16/h2,5,8-10,15H,3-4,6-7H2,1H3,(H,13,16). The Kier molecular flexibility index (Phi) is 4.07. The van der Waals surface area contributed by atoms with Crippen LogP contribution in [0.15, 0.2) is 28.2 Å². The quantitative estimate of drug-likeness (QED) is 0.828. The van der Waals surface area contributed by atoms with Gasteiger partial charge in [0.05, 0.1) is 6.10 Å². The Morgan fingerprint density at radius 3 is 2.58 bits per heavy atom. The fourth-order valence-corrected chi connectivity index (χ4v) is 3.85. The summed E-state index contributed by atoms with van der Waals surface area (Å²) in [5.74, 6) is 0.125. The molecule has 1 aromatic heterocycles. The first-order valence-electron chi connectivity index (χ1n) is 6.28. The van der Waals surface area contributed by atoms with Crippen LogP contribution in [0, 0.1) is 5.92 Å². The van der Waals surface area contributed by atoms with Crippen LogP contribution in [-0.2, 0) is 10.0 Å². The van der Waals surface area contributed by atoms with E-state index in [1.807, 2.05) is 0 Å². The van der Waals surface area contributed by atoms with E-state index < -0.39 is 21.6 Å². The smallest absolute Gasteiger partial charge is 0.248 e. The average Bonchev–Trinajstić information content (AvgIpc) is 2.39. The minimum absolute atomic E-state index is 0.125. The normalized spacial score (nSPS) is 20.3. The van der Waals surface area contributed by atoms with Crippen LogP contribution in [0.5, 0.6) is 0 Å². The maximum atomic E-state index is 12.3. The van der Waals surface area contributed by atoms with Gasteiger partial charge in [-0.1, -0.05) is 0 Å². The molecule has 0 bridgehead atoms. The maximum absolute atomic E-state index is 12.3. The Balaban J connectivity index is 2.19. The van der Waals surface area contributed by atoms with Gasteiger partial charge in [-0.2, -0.15) is 4.31 Å². The number of aromatic amines is 1. The first kappa shape index (κ1) is 14.2. The van der Waals surface area contributed by atoms with Gasteiger partial charge in [0, 0.05) is 31.5 Å². The molecule has 1 aliphatic heterocycles. The number of aliphatic hydroxyl groups excluding tert-OH is 1. The van der Waals surface area contributed by atoms with Crippen molar-refractivity contribution in [1.82, 2.24) is 9.29 Å². The van der Waals surface area contributed by atoms with Crippen molar-refractivity contribution in [3.8, 4) is 0 Å². The largest absolute Gasteiger partial charge is 0.393 e. The molecule has 1 aromatic rings. The monoisotopic (exact) mass is 286 g/mol. The third-order valence-electron chi connectivity index (χ3n) is 3.59. The zero-order valence-electron chi connectivity index (χ0n) is 10.7. The van der Waals surface area contributed by atoms with Crippen molar-refractivity contribution < 1.29 is 13.5 Å². The molecule has 1 unspecified atom stereocenters. The molecule has 6 nitrogen and oxygen atoms in total. The van der Waals surface area contributed by atoms with Crippen molar-refractivity contribution in [3.63, 3.8) is 0 Å². The zero-order valence-corrected chi connectivity index (χ0v) is 11.6. The number of nitrogens with zero attached hydrogens (tertiary/aromatic N) is 1. The van der Waals surface area contributed by atoms with Crippen molar-refractivity contribution in [2.45, 2.75) is 30.8 Å². The van der Waals surface area contributed by atoms with E-state index in [-0.39, 0.29) is 10.8 Å². The number of sulfonamides is 1. The second-order valence-corrected chi connectivity index (χ2v) is 6.76. The van der Waals surface area contributed by atoms with Gasteiger partial charge in [-0.05, 0) is 25.7 Å². The second kappa shape index (κ2) is 5.44. The Morgan fingerprint density at radius 2 is 2.05 bits per heavy atom. The number of hydrogen-bond donors (Lipinski definition) is 2. The topological polar surface area (TPSA) is 90.5 Å². The van der Waals surface area contributed by atoms with Crippen LogP contribution in [0.4, 0.5) is 0 Å². The molecule has 1 fully saturated rings. The van der Waals surface area contributed by atoms with Crippen molar-refractivity contribution >= 4 is 10.0 Å². The van der Waals surface area contributed by atoms with Gasteiger partial charge in [-0.15, -0.1) is 0 Å². The zero-order chi connectivity index (χ0) is 14.0. The van der Waals surface area contributed by atoms with Crippen LogP contribution in [0.25, 0.3) is 0 Å². The van der Waals surface area contributed by atoms with Gasteiger partial charge in [-0.3, -0.25) is 4.79 Å². The highest BCUT2D eigenvalue weighted by atomic mass is 32.2. The number of rotatable bonds is 3. The average molecular weight is 286 g/mol. The summed E-state index contributed by atoms with van der Waals surface area (Å²) in [5.41, 5.74) is -0.503. The highest BCUT2D eigenvalue weighted by molar-refractivity contribution is 7.89. The van der Waals surface area contributed by atoms with Crippen LogP contribution >= 0.6 is 0 Å². The molecule has 7 heteroatoms. The highest BCUT2D eigenvalue weighted by Gasteiger charge is 2.32. The van der Waals surface area contributed by atoms with E-state index in [1.54, 1.807) is 6.92 Å². The van der Waals surface area contributed by atoms with E-state index in [0.717, 1.165) is 0 Å². The summed E-state index contributed by atoms with van der Waals surface area (Å²) in [4.78, 5) is 14.0. The van der Waals surface area contributed by atoms with E-state index in [1.165, 1.54) is 22.8 Å². The summed E-state index contributed by atoms with van der Waals surface area (Å²) in [5, 5.41) is 9.50. The number of aromatic nitrogens is 1. The van der Waals surface area contributed by atoms with Gasteiger partial charge in [0.25, 0.3) is 0 Å². The fraction of sp³-hybridized carbons (Fsp3) is 0.583. The van der Waals surface area contributed by atoms with Crippen molar-refractivity contribution in [2.75, 3.05) is 13.1 Å². The molecule has 2 rings (SSSR count). The molecule has 19 heavy (non-hydrogen) atoms. The van der Waals surface area contributed by atoms with Crippen LogP contribution in [0.3, 0.4) is 0 Å². The van der Waals surface area contributed by atoms with E-state index in [2.05, 4.69) is 4.98 Å². The van der Waals surface area contributed by atoms with Crippen LogP contribution in [0.2, 0.25) is 0 Å². The molecule has 0 radical (unpaired) electrons. The molecule has 1 atom stereocenters. The summed E-state index contributed by atoms with van der Waals surface area (Å²) < 4.78 is 26.0. The third kappa shape index (κ3) is 2.88. The van der Waals surface area contributed by atoms with Crippen LogP contribution in [0.1, 0.15) is 19.8 Å². The molecule has 2 N–H and O–H groups in total. The third-order valence-corrected chi connectivity index (χ3v) is 5.51. The Labute approximate surface area is 112 Å². The molecule has 0 aliphatic carbocycles. The lowest BCUT2D eigenvalue weighted by atomic mass is 9.93. The number of H-pyrrole nitrogens is 1. The van der Waals surface area contributed by atoms with Gasteiger partial charge in [0.15, 0.2) is 0 Å². The maximum Gasteiger partial charge on any atom is 0.248 e. The molecule has 1 saturated heterocycles. The summed E-state index contributed by atoms with van der Waals surface area (Å²) in [7, 11) is -3.73. The van der Waals surface area contributed by atoms with Gasteiger partial charge in [0.1, 0.15) is 4.90 Å². The molecule has 0 saturated carbocycles. The molecule has 0 amide bonds. The van der Waals surface area contributed by atoms with E-state index in [0.29, 0.717) is 25.9 Å². The first-order valence-corrected chi connectivity index (χ1v) is 7.72. The number of hydrogen-bond acceptors (Lipinski definition) is 4. The van der Waals surface area contributed by atoms with Crippen LogP contribution in [-0.4, -0.2) is 42.0 Å². The van der Waals surface area contributed by atoms with Crippen molar-refractivity contribution in [1.29, 1.82) is 0 Å². The fourth-order valence-electron chi connectivity index (χ4n) is 2.34. The van der Waals surface area contributed by atoms with E-state index in [9.17, 15) is 18.3 Å². The molecule has 106 valence electrons. The molecular formula is C12H18N2O4S.